The van der Waals surface area contributed by atoms with Gasteiger partial charge in [0, 0.05) is 32.1 Å². The number of pyridine rings is 1. The summed E-state index contributed by atoms with van der Waals surface area (Å²) in [4.78, 5) is 16.5. The van der Waals surface area contributed by atoms with E-state index >= 15 is 0 Å². The Morgan fingerprint density at radius 3 is 2.42 bits per heavy atom. The van der Waals surface area contributed by atoms with Gasteiger partial charge in [0.25, 0.3) is 5.91 Å². The van der Waals surface area contributed by atoms with E-state index < -0.39 is 23.7 Å². The molecule has 1 aliphatic carbocycles. The summed E-state index contributed by atoms with van der Waals surface area (Å²) in [6.45, 7) is 0.980. The molecule has 2 aliphatic rings. The van der Waals surface area contributed by atoms with Gasteiger partial charge in [-0.3, -0.25) is 9.20 Å². The van der Waals surface area contributed by atoms with E-state index in [4.69, 9.17) is 27.9 Å². The Morgan fingerprint density at radius 2 is 1.82 bits per heavy atom. The van der Waals surface area contributed by atoms with Crippen LogP contribution in [0.2, 0.25) is 10.2 Å². The number of halogens is 7. The number of rotatable bonds is 4. The SMILES string of the molecule is O=C(NC1CCOCC1)c1cc2nc(C(F)(F)F)c(CC3CCC(F)(F)CC3)n2c(Cl)c1Cl. The second-order valence-corrected chi connectivity index (χ2v) is 9.36. The van der Waals surface area contributed by atoms with E-state index in [9.17, 15) is 26.7 Å². The van der Waals surface area contributed by atoms with Crippen LogP contribution in [0.15, 0.2) is 6.07 Å². The second kappa shape index (κ2) is 9.19. The highest BCUT2D eigenvalue weighted by Crippen LogP contribution is 2.41. The standard InChI is InChI=1S/C21H22Cl2F5N3O2/c22-16-13(19(32)29-12-3-7-33-8-4-12)10-15-30-17(21(26,27)28)14(31(15)18(16)23)9-11-1-5-20(24,25)6-2-11/h10-12H,1-9H2,(H,29,32). The van der Waals surface area contributed by atoms with E-state index in [-0.39, 0.29) is 71.1 Å². The van der Waals surface area contributed by atoms with Gasteiger partial charge in [-0.25, -0.2) is 13.8 Å². The minimum absolute atomic E-state index is 0.0803. The summed E-state index contributed by atoms with van der Waals surface area (Å²) < 4.78 is 74.7. The van der Waals surface area contributed by atoms with Crippen LogP contribution in [-0.2, 0) is 17.3 Å². The van der Waals surface area contributed by atoms with Crippen molar-refractivity contribution in [3.05, 3.63) is 33.2 Å². The van der Waals surface area contributed by atoms with Crippen LogP contribution in [-0.4, -0.2) is 40.5 Å². The van der Waals surface area contributed by atoms with Crippen molar-refractivity contribution in [3.8, 4) is 0 Å². The van der Waals surface area contributed by atoms with Gasteiger partial charge in [-0.05, 0) is 44.1 Å². The molecule has 33 heavy (non-hydrogen) atoms. The Labute approximate surface area is 196 Å². The van der Waals surface area contributed by atoms with Crippen molar-refractivity contribution >= 4 is 34.8 Å². The minimum atomic E-state index is -4.79. The number of alkyl halides is 5. The zero-order valence-corrected chi connectivity index (χ0v) is 19.0. The fourth-order valence-corrected chi connectivity index (χ4v) is 4.97. The molecule has 3 heterocycles. The van der Waals surface area contributed by atoms with E-state index in [1.54, 1.807) is 0 Å². The van der Waals surface area contributed by atoms with Crippen molar-refractivity contribution in [3.63, 3.8) is 0 Å². The first kappa shape index (κ1) is 24.5. The Morgan fingerprint density at radius 1 is 1.18 bits per heavy atom. The summed E-state index contributed by atoms with van der Waals surface area (Å²) in [5.74, 6) is -3.74. The lowest BCUT2D eigenvalue weighted by Gasteiger charge is -2.28. The molecule has 1 saturated carbocycles. The predicted molar refractivity (Wildman–Crippen MR) is 112 cm³/mol. The number of fused-ring (bicyclic) bond motifs is 1. The molecule has 0 spiro atoms. The van der Waals surface area contributed by atoms with Crippen LogP contribution >= 0.6 is 23.2 Å². The number of nitrogens with zero attached hydrogens (tertiary/aromatic N) is 2. The topological polar surface area (TPSA) is 55.6 Å². The van der Waals surface area contributed by atoms with Gasteiger partial charge in [0.05, 0.1) is 16.3 Å². The fourth-order valence-electron chi connectivity index (χ4n) is 4.45. The van der Waals surface area contributed by atoms with Crippen LogP contribution in [0.3, 0.4) is 0 Å². The highest BCUT2D eigenvalue weighted by Gasteiger charge is 2.41. The maximum Gasteiger partial charge on any atom is 0.435 e. The van der Waals surface area contributed by atoms with E-state index in [0.29, 0.717) is 26.1 Å². The summed E-state index contributed by atoms with van der Waals surface area (Å²) in [7, 11) is 0. The number of imidazole rings is 1. The summed E-state index contributed by atoms with van der Waals surface area (Å²) in [6, 6.07) is 1.03. The third-order valence-electron chi connectivity index (χ3n) is 6.27. The molecule has 0 bridgehead atoms. The number of hydrogen-bond donors (Lipinski definition) is 1. The van der Waals surface area contributed by atoms with Crippen LogP contribution in [0.4, 0.5) is 22.0 Å². The molecule has 0 aromatic carbocycles. The molecular formula is C21H22Cl2F5N3O2. The third-order valence-corrected chi connectivity index (χ3v) is 7.11. The zero-order valence-electron chi connectivity index (χ0n) is 17.5. The molecular weight excluding hydrogens is 492 g/mol. The summed E-state index contributed by atoms with van der Waals surface area (Å²) in [6.07, 6.45) is -4.28. The summed E-state index contributed by atoms with van der Waals surface area (Å²) >= 11 is 12.7. The van der Waals surface area contributed by atoms with Gasteiger partial charge in [0.15, 0.2) is 5.69 Å². The lowest BCUT2D eigenvalue weighted by molar-refractivity contribution is -0.141. The number of nitrogens with one attached hydrogen (secondary N) is 1. The van der Waals surface area contributed by atoms with Gasteiger partial charge in [-0.1, -0.05) is 23.2 Å². The van der Waals surface area contributed by atoms with Gasteiger partial charge in [-0.15, -0.1) is 0 Å². The lowest BCUT2D eigenvalue weighted by Crippen LogP contribution is -2.39. The number of carbonyl (C=O) groups excluding carboxylic acids is 1. The van der Waals surface area contributed by atoms with Crippen molar-refractivity contribution in [1.29, 1.82) is 0 Å². The molecule has 1 N–H and O–H groups in total. The Bertz CT molecular complexity index is 1040. The van der Waals surface area contributed by atoms with E-state index in [1.807, 2.05) is 0 Å². The van der Waals surface area contributed by atoms with E-state index in [0.717, 1.165) is 4.40 Å². The molecule has 5 nitrogen and oxygen atoms in total. The predicted octanol–water partition coefficient (Wildman–Crippen LogP) is 5.94. The molecule has 0 radical (unpaired) electrons. The van der Waals surface area contributed by atoms with Crippen molar-refractivity contribution in [1.82, 2.24) is 14.7 Å². The van der Waals surface area contributed by atoms with Crippen molar-refractivity contribution in [2.75, 3.05) is 13.2 Å². The molecule has 2 fully saturated rings. The monoisotopic (exact) mass is 513 g/mol. The number of aromatic nitrogens is 2. The van der Waals surface area contributed by atoms with Crippen LogP contribution in [0.5, 0.6) is 0 Å². The van der Waals surface area contributed by atoms with Crippen LogP contribution in [0, 0.1) is 5.92 Å². The maximum absolute atomic E-state index is 13.8. The van der Waals surface area contributed by atoms with Gasteiger partial charge in [0.1, 0.15) is 10.8 Å². The first-order valence-corrected chi connectivity index (χ1v) is 11.4. The number of carbonyl (C=O) groups is 1. The van der Waals surface area contributed by atoms with E-state index in [2.05, 4.69) is 10.3 Å². The van der Waals surface area contributed by atoms with Crippen molar-refractivity contribution in [2.24, 2.45) is 5.92 Å². The Balaban J connectivity index is 1.70. The van der Waals surface area contributed by atoms with Crippen LogP contribution in [0.25, 0.3) is 5.65 Å². The molecule has 0 unspecified atom stereocenters. The summed E-state index contributed by atoms with van der Waals surface area (Å²) in [5.41, 5.74) is -1.65. The molecule has 2 aromatic rings. The number of hydrogen-bond acceptors (Lipinski definition) is 3. The zero-order chi connectivity index (χ0) is 24.0. The van der Waals surface area contributed by atoms with Crippen molar-refractivity contribution in [2.45, 2.75) is 63.1 Å². The molecule has 1 saturated heterocycles. The van der Waals surface area contributed by atoms with Crippen molar-refractivity contribution < 1.29 is 31.5 Å². The quantitative estimate of drug-likeness (QED) is 0.406. The number of amides is 1. The van der Waals surface area contributed by atoms with Crippen LogP contribution < -0.4 is 5.32 Å². The minimum Gasteiger partial charge on any atom is -0.381 e. The van der Waals surface area contributed by atoms with Gasteiger partial charge in [-0.2, -0.15) is 13.2 Å². The van der Waals surface area contributed by atoms with Gasteiger partial charge >= 0.3 is 6.18 Å². The molecule has 12 heteroatoms. The first-order valence-electron chi connectivity index (χ1n) is 10.7. The Kier molecular flexibility index (Phi) is 6.81. The second-order valence-electron chi connectivity index (χ2n) is 8.62. The lowest BCUT2D eigenvalue weighted by atomic mass is 9.83. The normalized spacial score (nSPS) is 20.3. The fraction of sp³-hybridized carbons (Fsp3) is 0.619. The number of ether oxygens (including phenoxy) is 1. The van der Waals surface area contributed by atoms with Gasteiger partial charge < -0.3 is 10.1 Å². The highest BCUT2D eigenvalue weighted by molar-refractivity contribution is 6.43. The van der Waals surface area contributed by atoms with E-state index in [1.165, 1.54) is 6.07 Å². The highest BCUT2D eigenvalue weighted by atomic mass is 35.5. The van der Waals surface area contributed by atoms with Crippen LogP contribution in [0.1, 0.15) is 60.3 Å². The Hall–Kier alpha value is -1.65. The molecule has 0 atom stereocenters. The largest absolute Gasteiger partial charge is 0.435 e. The maximum atomic E-state index is 13.8. The molecule has 4 rings (SSSR count). The van der Waals surface area contributed by atoms with Gasteiger partial charge in [0.2, 0.25) is 5.92 Å². The first-order chi connectivity index (χ1) is 15.5. The molecule has 1 aliphatic heterocycles. The average Bonchev–Trinajstić information content (AvgIpc) is 3.11. The summed E-state index contributed by atoms with van der Waals surface area (Å²) in [5, 5.41) is 2.33. The average molecular weight is 514 g/mol. The smallest absolute Gasteiger partial charge is 0.381 e. The molecule has 2 aromatic heterocycles. The molecule has 1 amide bonds. The third kappa shape index (κ3) is 5.22. The molecule has 182 valence electrons.